The fourth-order valence-corrected chi connectivity index (χ4v) is 2.50. The average Bonchev–Trinajstić information content (AvgIpc) is 2.37. The monoisotopic (exact) mass is 281 g/mol. The molecule has 1 aliphatic heterocycles. The minimum absolute atomic E-state index is 0.365. The van der Waals surface area contributed by atoms with Crippen molar-refractivity contribution in [3.05, 3.63) is 48.1 Å². The van der Waals surface area contributed by atoms with Crippen molar-refractivity contribution in [1.29, 1.82) is 0 Å². The highest BCUT2D eigenvalue weighted by Gasteiger charge is 2.29. The summed E-state index contributed by atoms with van der Waals surface area (Å²) >= 11 is 0. The lowest BCUT2D eigenvalue weighted by Gasteiger charge is -2.25. The van der Waals surface area contributed by atoms with Gasteiger partial charge in [0, 0.05) is 11.3 Å². The minimum atomic E-state index is -4.20. The second kappa shape index (κ2) is 5.72. The Labute approximate surface area is 111 Å². The molecule has 0 amide bonds. The maximum Gasteiger partial charge on any atom is 0.351 e. The lowest BCUT2D eigenvalue weighted by molar-refractivity contribution is 0.149. The molecule has 1 unspecified atom stereocenters. The number of anilines is 1. The van der Waals surface area contributed by atoms with Gasteiger partial charge < -0.3 is 19.8 Å². The Bertz CT molecular complexity index is 550. The van der Waals surface area contributed by atoms with E-state index >= 15 is 0 Å². The van der Waals surface area contributed by atoms with E-state index in [0.29, 0.717) is 18.9 Å². The fraction of sp³-hybridized carbons (Fsp3) is 0.231. The van der Waals surface area contributed by atoms with Crippen LogP contribution in [0.1, 0.15) is 11.1 Å². The first-order chi connectivity index (χ1) is 9.02. The highest BCUT2D eigenvalue weighted by molar-refractivity contribution is 7.53. The molecule has 102 valence electrons. The molecule has 0 aromatic heterocycles. The molecule has 2 rings (SSSR count). The summed E-state index contributed by atoms with van der Waals surface area (Å²) in [6, 6.07) is 5.63. The van der Waals surface area contributed by atoms with Crippen molar-refractivity contribution in [2.75, 3.05) is 11.9 Å². The van der Waals surface area contributed by atoms with E-state index in [-0.39, 0.29) is 0 Å². The number of ether oxygens (including phenoxy) is 1. The summed E-state index contributed by atoms with van der Waals surface area (Å²) < 4.78 is 16.7. The number of nitrogens with one attached hydrogen (secondary N) is 1. The third-order valence-corrected chi connectivity index (χ3v) is 3.81. The Morgan fingerprint density at radius 1 is 1.47 bits per heavy atom. The predicted molar refractivity (Wildman–Crippen MR) is 74.8 cm³/mol. The van der Waals surface area contributed by atoms with Crippen molar-refractivity contribution in [2.45, 2.75) is 12.4 Å². The SMILES string of the molecule is C=CCOCc1cccc2c1NC(P(=O)(O)O)C=C2. The molecule has 19 heavy (non-hydrogen) atoms. The van der Waals surface area contributed by atoms with Gasteiger partial charge in [-0.2, -0.15) is 0 Å². The van der Waals surface area contributed by atoms with E-state index in [4.69, 9.17) is 4.74 Å². The van der Waals surface area contributed by atoms with E-state index in [1.807, 2.05) is 18.2 Å². The smallest absolute Gasteiger partial charge is 0.351 e. The van der Waals surface area contributed by atoms with Gasteiger partial charge in [-0.1, -0.05) is 30.4 Å². The van der Waals surface area contributed by atoms with E-state index in [1.165, 1.54) is 6.08 Å². The van der Waals surface area contributed by atoms with Crippen molar-refractivity contribution in [3.8, 4) is 0 Å². The van der Waals surface area contributed by atoms with E-state index in [2.05, 4.69) is 11.9 Å². The van der Waals surface area contributed by atoms with Crippen LogP contribution in [0.15, 0.2) is 36.9 Å². The first-order valence-electron chi connectivity index (χ1n) is 5.83. The van der Waals surface area contributed by atoms with Crippen LogP contribution in [0.2, 0.25) is 0 Å². The van der Waals surface area contributed by atoms with Crippen LogP contribution < -0.4 is 5.32 Å². The van der Waals surface area contributed by atoms with Crippen LogP contribution >= 0.6 is 7.60 Å². The molecule has 0 fully saturated rings. The molecule has 0 saturated carbocycles. The van der Waals surface area contributed by atoms with Gasteiger partial charge in [-0.25, -0.2) is 0 Å². The highest BCUT2D eigenvalue weighted by atomic mass is 31.2. The van der Waals surface area contributed by atoms with E-state index in [0.717, 1.165) is 11.1 Å². The second-order valence-electron chi connectivity index (χ2n) is 4.22. The van der Waals surface area contributed by atoms with E-state index < -0.39 is 13.4 Å². The number of benzene rings is 1. The quantitative estimate of drug-likeness (QED) is 0.438. The minimum Gasteiger partial charge on any atom is -0.373 e. The Hall–Kier alpha value is -1.39. The Morgan fingerprint density at radius 3 is 2.95 bits per heavy atom. The van der Waals surface area contributed by atoms with Crippen molar-refractivity contribution in [1.82, 2.24) is 0 Å². The van der Waals surface area contributed by atoms with Crippen LogP contribution in [-0.4, -0.2) is 22.2 Å². The van der Waals surface area contributed by atoms with Crippen LogP contribution in [0.3, 0.4) is 0 Å². The van der Waals surface area contributed by atoms with Gasteiger partial charge in [0.2, 0.25) is 0 Å². The van der Waals surface area contributed by atoms with Crippen molar-refractivity contribution in [3.63, 3.8) is 0 Å². The Morgan fingerprint density at radius 2 is 2.26 bits per heavy atom. The van der Waals surface area contributed by atoms with E-state index in [1.54, 1.807) is 12.2 Å². The summed E-state index contributed by atoms with van der Waals surface area (Å²) in [6.45, 7) is 4.37. The van der Waals surface area contributed by atoms with Crippen molar-refractivity contribution >= 4 is 19.4 Å². The summed E-state index contributed by atoms with van der Waals surface area (Å²) in [5.41, 5.74) is 2.47. The maximum atomic E-state index is 11.3. The van der Waals surface area contributed by atoms with Crippen LogP contribution in [-0.2, 0) is 15.9 Å². The molecule has 0 bridgehead atoms. The average molecular weight is 281 g/mol. The standard InChI is InChI=1S/C13H16NO4P/c1-2-8-18-9-11-5-3-4-10-6-7-12(14-13(10)11)19(15,16)17/h2-7,12,14H,1,8-9H2,(H2,15,16,17). The maximum absolute atomic E-state index is 11.3. The largest absolute Gasteiger partial charge is 0.373 e. The normalized spacial score (nSPS) is 17.7. The van der Waals surface area contributed by atoms with Crippen molar-refractivity contribution in [2.24, 2.45) is 0 Å². The Balaban J connectivity index is 2.25. The number of rotatable bonds is 5. The number of hydrogen-bond donors (Lipinski definition) is 3. The number of hydrogen-bond acceptors (Lipinski definition) is 3. The van der Waals surface area contributed by atoms with Crippen LogP contribution in [0.5, 0.6) is 0 Å². The zero-order valence-electron chi connectivity index (χ0n) is 10.3. The zero-order chi connectivity index (χ0) is 13.9. The highest BCUT2D eigenvalue weighted by Crippen LogP contribution is 2.45. The van der Waals surface area contributed by atoms with Crippen LogP contribution in [0.4, 0.5) is 5.69 Å². The molecule has 1 atom stereocenters. The Kier molecular flexibility index (Phi) is 4.22. The third-order valence-electron chi connectivity index (χ3n) is 2.79. The molecule has 5 nitrogen and oxygen atoms in total. The lowest BCUT2D eigenvalue weighted by Crippen LogP contribution is -2.21. The molecule has 0 aliphatic carbocycles. The first-order valence-corrected chi connectivity index (χ1v) is 7.51. The fourth-order valence-electron chi connectivity index (χ4n) is 1.89. The van der Waals surface area contributed by atoms with Gasteiger partial charge in [-0.15, -0.1) is 6.58 Å². The van der Waals surface area contributed by atoms with Gasteiger partial charge in [0.15, 0.2) is 0 Å². The molecule has 0 spiro atoms. The topological polar surface area (TPSA) is 78.8 Å². The number of fused-ring (bicyclic) bond motifs is 1. The molecular weight excluding hydrogens is 265 g/mol. The molecule has 0 radical (unpaired) electrons. The molecule has 1 aromatic rings. The molecule has 1 aliphatic rings. The second-order valence-corrected chi connectivity index (χ2v) is 5.96. The van der Waals surface area contributed by atoms with Crippen LogP contribution in [0.25, 0.3) is 6.08 Å². The van der Waals surface area contributed by atoms with Gasteiger partial charge in [0.1, 0.15) is 5.78 Å². The summed E-state index contributed by atoms with van der Waals surface area (Å²) in [7, 11) is -4.20. The van der Waals surface area contributed by atoms with Gasteiger partial charge in [0.05, 0.1) is 13.2 Å². The van der Waals surface area contributed by atoms with E-state index in [9.17, 15) is 14.4 Å². The zero-order valence-corrected chi connectivity index (χ0v) is 11.2. The molecule has 6 heteroatoms. The van der Waals surface area contributed by atoms with Gasteiger partial charge in [0.25, 0.3) is 0 Å². The lowest BCUT2D eigenvalue weighted by atomic mass is 10.0. The molecule has 3 N–H and O–H groups in total. The van der Waals surface area contributed by atoms with Gasteiger partial charge >= 0.3 is 7.60 Å². The number of para-hydroxylation sites is 1. The van der Waals surface area contributed by atoms with Gasteiger partial charge in [-0.05, 0) is 11.6 Å². The summed E-state index contributed by atoms with van der Waals surface area (Å²) in [4.78, 5) is 18.5. The predicted octanol–water partition coefficient (Wildman–Crippen LogP) is 2.33. The third kappa shape index (κ3) is 3.33. The molecule has 0 saturated heterocycles. The van der Waals surface area contributed by atoms with Crippen LogP contribution in [0, 0.1) is 0 Å². The first kappa shape index (κ1) is 14.0. The van der Waals surface area contributed by atoms with Crippen molar-refractivity contribution < 1.29 is 19.1 Å². The van der Waals surface area contributed by atoms with Gasteiger partial charge in [-0.3, -0.25) is 4.57 Å². The summed E-state index contributed by atoms with van der Waals surface area (Å²) in [5, 5.41) is 2.88. The summed E-state index contributed by atoms with van der Waals surface area (Å²) in [6.07, 6.45) is 4.85. The summed E-state index contributed by atoms with van der Waals surface area (Å²) in [5.74, 6) is -0.986. The molecular formula is C13H16NO4P. The molecule has 1 aromatic carbocycles. The molecule has 1 heterocycles.